The fraction of sp³-hybridized carbons (Fsp3) is 0.200. The van der Waals surface area contributed by atoms with Gasteiger partial charge < -0.3 is 14.0 Å². The Labute approximate surface area is 171 Å². The molecule has 146 valence electrons. The summed E-state index contributed by atoms with van der Waals surface area (Å²) in [6.45, 7) is 0.865. The van der Waals surface area contributed by atoms with E-state index in [0.29, 0.717) is 35.6 Å². The minimum Gasteiger partial charge on any atom is -0.497 e. The third-order valence-corrected chi connectivity index (χ3v) is 5.01. The van der Waals surface area contributed by atoms with Gasteiger partial charge in [-0.25, -0.2) is 4.68 Å². The minimum atomic E-state index is -0.142. The molecule has 9 heteroatoms. The van der Waals surface area contributed by atoms with E-state index in [2.05, 4.69) is 20.5 Å². The normalized spacial score (nSPS) is 15.9. The average Bonchev–Trinajstić information content (AvgIpc) is 3.40. The predicted octanol–water partition coefficient (Wildman–Crippen LogP) is 3.93. The lowest BCUT2D eigenvalue weighted by atomic mass is 10.1. The number of methoxy groups -OCH3 is 1. The standard InChI is InChI=1S/C20H16ClN5O3/c1-27-15-7-3-4-12(9-15)17-10-26-16(11-28-17)18(23-25-26)20-22-19(24-29-20)13-5-2-6-14(21)8-13/h2-9,17H,10-11H2,1H3/t17-/m0/s1. The van der Waals surface area contributed by atoms with Gasteiger partial charge in [-0.2, -0.15) is 4.98 Å². The fourth-order valence-corrected chi connectivity index (χ4v) is 3.48. The third-order valence-electron chi connectivity index (χ3n) is 4.77. The molecule has 2 aromatic carbocycles. The fourth-order valence-electron chi connectivity index (χ4n) is 3.29. The van der Waals surface area contributed by atoms with Gasteiger partial charge in [-0.3, -0.25) is 0 Å². The molecule has 0 saturated carbocycles. The second-order valence-corrected chi connectivity index (χ2v) is 7.01. The van der Waals surface area contributed by atoms with E-state index < -0.39 is 0 Å². The van der Waals surface area contributed by atoms with Gasteiger partial charge in [0.15, 0.2) is 5.69 Å². The van der Waals surface area contributed by atoms with Gasteiger partial charge in [-0.1, -0.05) is 46.2 Å². The van der Waals surface area contributed by atoms with Crippen molar-refractivity contribution in [3.63, 3.8) is 0 Å². The second kappa shape index (κ2) is 7.31. The molecule has 0 saturated heterocycles. The van der Waals surface area contributed by atoms with Crippen molar-refractivity contribution in [2.45, 2.75) is 19.3 Å². The van der Waals surface area contributed by atoms with E-state index in [1.807, 2.05) is 41.1 Å². The van der Waals surface area contributed by atoms with Crippen LogP contribution in [0.3, 0.4) is 0 Å². The summed E-state index contributed by atoms with van der Waals surface area (Å²) in [7, 11) is 1.64. The van der Waals surface area contributed by atoms with Gasteiger partial charge in [-0.15, -0.1) is 5.10 Å². The van der Waals surface area contributed by atoms with Crippen molar-refractivity contribution >= 4 is 11.6 Å². The number of aromatic nitrogens is 5. The van der Waals surface area contributed by atoms with Gasteiger partial charge in [0.25, 0.3) is 5.89 Å². The average molecular weight is 410 g/mol. The van der Waals surface area contributed by atoms with E-state index in [-0.39, 0.29) is 6.10 Å². The molecule has 8 nitrogen and oxygen atoms in total. The summed E-state index contributed by atoms with van der Waals surface area (Å²) < 4.78 is 18.6. The first-order valence-corrected chi connectivity index (χ1v) is 9.37. The Morgan fingerprint density at radius 1 is 1.17 bits per heavy atom. The highest BCUT2D eigenvalue weighted by Crippen LogP contribution is 2.32. The molecule has 1 atom stereocenters. The maximum absolute atomic E-state index is 6.05. The van der Waals surface area contributed by atoms with Crippen molar-refractivity contribution in [3.8, 4) is 28.7 Å². The number of hydrogen-bond donors (Lipinski definition) is 0. The SMILES string of the molecule is COc1cccc([C@@H]2Cn3nnc(-c4nc(-c5cccc(Cl)c5)no4)c3CO2)c1. The van der Waals surface area contributed by atoms with Gasteiger partial charge in [0.1, 0.15) is 11.9 Å². The highest BCUT2D eigenvalue weighted by molar-refractivity contribution is 6.30. The van der Waals surface area contributed by atoms with Crippen LogP contribution in [0, 0.1) is 0 Å². The summed E-state index contributed by atoms with van der Waals surface area (Å²) in [5, 5.41) is 13.1. The van der Waals surface area contributed by atoms with Crippen molar-refractivity contribution < 1.29 is 14.0 Å². The highest BCUT2D eigenvalue weighted by Gasteiger charge is 2.28. The van der Waals surface area contributed by atoms with Crippen LogP contribution in [0.5, 0.6) is 5.75 Å². The maximum Gasteiger partial charge on any atom is 0.280 e. The lowest BCUT2D eigenvalue weighted by Crippen LogP contribution is -2.22. The molecule has 0 spiro atoms. The quantitative estimate of drug-likeness (QED) is 0.504. The Hall–Kier alpha value is -3.23. The van der Waals surface area contributed by atoms with Gasteiger partial charge in [0.2, 0.25) is 5.82 Å². The number of fused-ring (bicyclic) bond motifs is 1. The van der Waals surface area contributed by atoms with Crippen LogP contribution in [0.4, 0.5) is 0 Å². The molecule has 0 unspecified atom stereocenters. The summed E-state index contributed by atoms with van der Waals surface area (Å²) >= 11 is 6.04. The molecule has 0 fully saturated rings. The van der Waals surface area contributed by atoms with E-state index in [0.717, 1.165) is 22.6 Å². The van der Waals surface area contributed by atoms with E-state index in [4.69, 9.17) is 25.6 Å². The smallest absolute Gasteiger partial charge is 0.280 e. The molecule has 3 heterocycles. The molecule has 1 aliphatic heterocycles. The van der Waals surface area contributed by atoms with Gasteiger partial charge in [0, 0.05) is 10.6 Å². The molecule has 0 radical (unpaired) electrons. The first kappa shape index (κ1) is 17.8. The Morgan fingerprint density at radius 2 is 2.07 bits per heavy atom. The Kier molecular flexibility index (Phi) is 4.49. The Morgan fingerprint density at radius 3 is 2.93 bits per heavy atom. The molecule has 4 aromatic rings. The Balaban J connectivity index is 1.41. The van der Waals surface area contributed by atoms with Gasteiger partial charge in [0.05, 0.1) is 26.0 Å². The van der Waals surface area contributed by atoms with Crippen LogP contribution in [-0.4, -0.2) is 32.2 Å². The van der Waals surface area contributed by atoms with Gasteiger partial charge in [-0.05, 0) is 29.8 Å². The summed E-state index contributed by atoms with van der Waals surface area (Å²) in [6, 6.07) is 15.1. The molecule has 2 aromatic heterocycles. The largest absolute Gasteiger partial charge is 0.497 e. The zero-order valence-corrected chi connectivity index (χ0v) is 16.2. The maximum atomic E-state index is 6.05. The Bertz CT molecular complexity index is 1170. The topological polar surface area (TPSA) is 88.1 Å². The summed E-state index contributed by atoms with van der Waals surface area (Å²) in [5.74, 6) is 1.52. The number of hydrogen-bond acceptors (Lipinski definition) is 7. The summed E-state index contributed by atoms with van der Waals surface area (Å²) in [6.07, 6.45) is -0.142. The summed E-state index contributed by atoms with van der Waals surface area (Å²) in [5.41, 5.74) is 3.11. The molecule has 1 aliphatic rings. The van der Waals surface area contributed by atoms with Crippen molar-refractivity contribution in [1.82, 2.24) is 25.1 Å². The van der Waals surface area contributed by atoms with Crippen LogP contribution >= 0.6 is 11.6 Å². The van der Waals surface area contributed by atoms with E-state index in [1.54, 1.807) is 19.2 Å². The molecule has 0 aliphatic carbocycles. The number of rotatable bonds is 4. The van der Waals surface area contributed by atoms with E-state index in [9.17, 15) is 0 Å². The number of halogens is 1. The number of ether oxygens (including phenoxy) is 2. The van der Waals surface area contributed by atoms with Crippen molar-refractivity contribution in [2.24, 2.45) is 0 Å². The van der Waals surface area contributed by atoms with Crippen LogP contribution in [0.25, 0.3) is 23.0 Å². The number of nitrogens with zero attached hydrogens (tertiary/aromatic N) is 5. The van der Waals surface area contributed by atoms with Crippen LogP contribution < -0.4 is 4.74 Å². The molecular formula is C20H16ClN5O3. The van der Waals surface area contributed by atoms with E-state index >= 15 is 0 Å². The molecular weight excluding hydrogens is 394 g/mol. The number of benzene rings is 2. The first-order valence-electron chi connectivity index (χ1n) is 8.99. The van der Waals surface area contributed by atoms with Crippen molar-refractivity contribution in [1.29, 1.82) is 0 Å². The zero-order chi connectivity index (χ0) is 19.8. The monoisotopic (exact) mass is 409 g/mol. The molecule has 0 bridgehead atoms. The lowest BCUT2D eigenvalue weighted by molar-refractivity contribution is -0.00127. The summed E-state index contributed by atoms with van der Waals surface area (Å²) in [4.78, 5) is 4.45. The van der Waals surface area contributed by atoms with Crippen molar-refractivity contribution in [2.75, 3.05) is 7.11 Å². The van der Waals surface area contributed by atoms with Crippen LogP contribution in [0.2, 0.25) is 5.02 Å². The molecule has 5 rings (SSSR count). The highest BCUT2D eigenvalue weighted by atomic mass is 35.5. The second-order valence-electron chi connectivity index (χ2n) is 6.58. The van der Waals surface area contributed by atoms with Crippen molar-refractivity contribution in [3.05, 3.63) is 64.8 Å². The van der Waals surface area contributed by atoms with Crippen LogP contribution in [0.15, 0.2) is 53.1 Å². The van der Waals surface area contributed by atoms with Crippen LogP contribution in [0.1, 0.15) is 17.4 Å². The molecule has 0 amide bonds. The van der Waals surface area contributed by atoms with Crippen LogP contribution in [-0.2, 0) is 17.9 Å². The van der Waals surface area contributed by atoms with E-state index in [1.165, 1.54) is 0 Å². The molecule has 29 heavy (non-hydrogen) atoms. The third kappa shape index (κ3) is 3.37. The molecule has 0 N–H and O–H groups in total. The lowest BCUT2D eigenvalue weighted by Gasteiger charge is -2.24. The zero-order valence-electron chi connectivity index (χ0n) is 15.4. The minimum absolute atomic E-state index is 0.142. The van der Waals surface area contributed by atoms with Gasteiger partial charge >= 0.3 is 0 Å². The predicted molar refractivity (Wildman–Crippen MR) is 104 cm³/mol. The first-order chi connectivity index (χ1) is 14.2.